The van der Waals surface area contributed by atoms with E-state index in [0.29, 0.717) is 55.3 Å². The van der Waals surface area contributed by atoms with Gasteiger partial charge in [0.1, 0.15) is 23.1 Å². The van der Waals surface area contributed by atoms with E-state index in [2.05, 4.69) is 4.90 Å². The van der Waals surface area contributed by atoms with Crippen molar-refractivity contribution in [2.24, 2.45) is 0 Å². The molecule has 2 N–H and O–H groups in total. The average molecular weight is 659 g/mol. The number of likely N-dealkylation sites (tertiary alicyclic amines) is 1. The van der Waals surface area contributed by atoms with E-state index in [4.69, 9.17) is 23.5 Å². The fourth-order valence-corrected chi connectivity index (χ4v) is 6.97. The van der Waals surface area contributed by atoms with Gasteiger partial charge in [0, 0.05) is 48.8 Å². The molecule has 3 aromatic carbocycles. The van der Waals surface area contributed by atoms with Crippen LogP contribution < -0.4 is 4.74 Å². The highest BCUT2D eigenvalue weighted by atomic mass is 19.3. The molecule has 0 bridgehead atoms. The van der Waals surface area contributed by atoms with E-state index in [-0.39, 0.29) is 24.5 Å². The van der Waals surface area contributed by atoms with Gasteiger partial charge >= 0.3 is 12.6 Å². The zero-order valence-electron chi connectivity index (χ0n) is 26.7. The summed E-state index contributed by atoms with van der Waals surface area (Å²) in [5.41, 5.74) is 7.63. The number of alkyl halides is 2. The van der Waals surface area contributed by atoms with E-state index in [9.17, 15) is 23.8 Å². The van der Waals surface area contributed by atoms with Crippen LogP contribution in [-0.2, 0) is 24.3 Å². The molecule has 2 aromatic heterocycles. The van der Waals surface area contributed by atoms with Crippen LogP contribution in [0, 0.1) is 13.8 Å². The Morgan fingerprint density at radius 1 is 1.00 bits per heavy atom. The molecular weight excluding hydrogens is 622 g/mol. The van der Waals surface area contributed by atoms with Crippen molar-refractivity contribution < 1.29 is 37.4 Å². The fraction of sp³-hybridized carbons (Fsp3) is 0.361. The van der Waals surface area contributed by atoms with Crippen molar-refractivity contribution in [3.63, 3.8) is 0 Å². The molecule has 0 amide bonds. The molecule has 10 nitrogen and oxygen atoms in total. The molecule has 2 aliphatic rings. The number of β-amino-alcohol motifs (C(OH)–C–C–N with tert-alkyl or cyclic N) is 1. The molecule has 4 heterocycles. The number of rotatable bonds is 10. The van der Waals surface area contributed by atoms with Crippen molar-refractivity contribution in [3.8, 4) is 39.8 Å². The molecule has 5 aromatic rings. The number of carboxylic acid groups (broad SMARTS) is 1. The summed E-state index contributed by atoms with van der Waals surface area (Å²) in [5.74, 6) is 0.726. The summed E-state index contributed by atoms with van der Waals surface area (Å²) < 4.78 is 44.1. The van der Waals surface area contributed by atoms with Crippen molar-refractivity contribution in [3.05, 3.63) is 76.7 Å². The summed E-state index contributed by atoms with van der Waals surface area (Å²) in [4.78, 5) is 25.2. The van der Waals surface area contributed by atoms with Gasteiger partial charge in [-0.05, 0) is 73.7 Å². The number of carboxylic acids is 1. The standard InChI is InChI=1S/C36H36F2N4O6/c1-20-23(6-3-8-25(20)33-39-27-11-13-41(14-15-43)19-32(27)47-33)24-7-4-9-26(21(24)2)34-40-28-16-22(18-42-12-5-10-29(42)35(44)45)30(48-36(37)38)17-31(28)46-34/h3-4,6-9,16-17,29,36,43H,5,10-15,18-19H2,1-2H3,(H,44,45)/t29-/m0/s1. The summed E-state index contributed by atoms with van der Waals surface area (Å²) in [5, 5.41) is 19.0. The minimum absolute atomic E-state index is 0.0662. The largest absolute Gasteiger partial charge is 0.480 e. The van der Waals surface area contributed by atoms with E-state index in [0.717, 1.165) is 57.8 Å². The van der Waals surface area contributed by atoms with Crippen molar-refractivity contribution in [2.75, 3.05) is 26.2 Å². The Morgan fingerprint density at radius 2 is 1.69 bits per heavy atom. The molecule has 2 aliphatic heterocycles. The van der Waals surface area contributed by atoms with Crippen molar-refractivity contribution in [1.82, 2.24) is 19.8 Å². The predicted octanol–water partition coefficient (Wildman–Crippen LogP) is 6.43. The zero-order valence-corrected chi connectivity index (χ0v) is 26.7. The fourth-order valence-electron chi connectivity index (χ4n) is 6.97. The smallest absolute Gasteiger partial charge is 0.387 e. The van der Waals surface area contributed by atoms with Crippen LogP contribution in [0.4, 0.5) is 8.78 Å². The summed E-state index contributed by atoms with van der Waals surface area (Å²) in [6.45, 7) is 3.78. The normalized spacial score (nSPS) is 17.0. The van der Waals surface area contributed by atoms with Gasteiger partial charge in [-0.2, -0.15) is 8.78 Å². The molecule has 0 unspecified atom stereocenters. The van der Waals surface area contributed by atoms with Crippen molar-refractivity contribution >= 4 is 17.1 Å². The summed E-state index contributed by atoms with van der Waals surface area (Å²) >= 11 is 0. The second kappa shape index (κ2) is 13.1. The third kappa shape index (κ3) is 6.07. The molecule has 0 saturated carbocycles. The Balaban J connectivity index is 1.22. The maximum Gasteiger partial charge on any atom is 0.387 e. The van der Waals surface area contributed by atoms with Gasteiger partial charge in [-0.15, -0.1) is 0 Å². The lowest BCUT2D eigenvalue weighted by atomic mass is 9.91. The van der Waals surface area contributed by atoms with Gasteiger partial charge in [-0.1, -0.05) is 24.3 Å². The van der Waals surface area contributed by atoms with Gasteiger partial charge in [-0.25, -0.2) is 9.97 Å². The molecule has 0 spiro atoms. The van der Waals surface area contributed by atoms with E-state index in [1.807, 2.05) is 50.2 Å². The summed E-state index contributed by atoms with van der Waals surface area (Å²) in [6, 6.07) is 14.3. The number of aromatic nitrogens is 2. The van der Waals surface area contributed by atoms with Crippen LogP contribution in [0.3, 0.4) is 0 Å². The lowest BCUT2D eigenvalue weighted by Crippen LogP contribution is -2.35. The lowest BCUT2D eigenvalue weighted by Gasteiger charge is -2.23. The first kappa shape index (κ1) is 31.9. The molecule has 0 aliphatic carbocycles. The van der Waals surface area contributed by atoms with Crippen LogP contribution in [0.1, 0.15) is 41.0 Å². The number of halogens is 2. The maximum atomic E-state index is 13.4. The molecule has 0 radical (unpaired) electrons. The highest BCUT2D eigenvalue weighted by Gasteiger charge is 2.31. The topological polar surface area (TPSA) is 125 Å². The maximum absolute atomic E-state index is 13.4. The van der Waals surface area contributed by atoms with Gasteiger partial charge in [0.05, 0.1) is 18.8 Å². The molecule has 1 fully saturated rings. The first-order valence-electron chi connectivity index (χ1n) is 16.1. The Hall–Kier alpha value is -4.65. The van der Waals surface area contributed by atoms with Crippen molar-refractivity contribution in [1.29, 1.82) is 0 Å². The van der Waals surface area contributed by atoms with Crippen LogP contribution >= 0.6 is 0 Å². The molecule has 1 saturated heterocycles. The SMILES string of the molecule is Cc1c(-c2nc3c(o2)CN(CCO)CC3)cccc1-c1cccc(-c2nc3cc(CN4CCC[C@H]4C(=O)O)c(OC(F)F)cc3o2)c1C. The first-order valence-corrected chi connectivity index (χ1v) is 16.1. The second-order valence-electron chi connectivity index (χ2n) is 12.4. The Morgan fingerprint density at radius 3 is 2.35 bits per heavy atom. The average Bonchev–Trinajstić information content (AvgIpc) is 3.80. The Kier molecular flexibility index (Phi) is 8.71. The minimum atomic E-state index is -3.06. The number of nitrogens with zero attached hydrogens (tertiary/aromatic N) is 4. The molecule has 1 atom stereocenters. The van der Waals surface area contributed by atoms with Gasteiger partial charge in [-0.3, -0.25) is 14.6 Å². The number of oxazole rings is 2. The highest BCUT2D eigenvalue weighted by molar-refractivity contribution is 5.84. The van der Waals surface area contributed by atoms with Crippen LogP contribution in [0.5, 0.6) is 5.75 Å². The van der Waals surface area contributed by atoms with Crippen LogP contribution in [-0.4, -0.2) is 74.8 Å². The molecular formula is C36H36F2N4O6. The highest BCUT2D eigenvalue weighted by Crippen LogP contribution is 2.39. The van der Waals surface area contributed by atoms with E-state index >= 15 is 0 Å². The monoisotopic (exact) mass is 658 g/mol. The number of hydrogen-bond donors (Lipinski definition) is 2. The molecule has 250 valence electrons. The third-order valence-electron chi connectivity index (χ3n) is 9.45. The van der Waals surface area contributed by atoms with Gasteiger partial charge in [0.15, 0.2) is 5.58 Å². The van der Waals surface area contributed by atoms with E-state index < -0.39 is 18.6 Å². The minimum Gasteiger partial charge on any atom is -0.480 e. The molecule has 48 heavy (non-hydrogen) atoms. The van der Waals surface area contributed by atoms with Gasteiger partial charge in [0.2, 0.25) is 11.8 Å². The second-order valence-corrected chi connectivity index (χ2v) is 12.4. The lowest BCUT2D eigenvalue weighted by molar-refractivity contribution is -0.142. The van der Waals surface area contributed by atoms with Gasteiger partial charge in [0.25, 0.3) is 0 Å². The number of aliphatic carboxylic acids is 1. The number of fused-ring (bicyclic) bond motifs is 2. The van der Waals surface area contributed by atoms with Crippen LogP contribution in [0.25, 0.3) is 45.1 Å². The number of carbonyl (C=O) groups is 1. The number of aliphatic hydroxyl groups is 1. The van der Waals surface area contributed by atoms with Crippen molar-refractivity contribution in [2.45, 2.75) is 58.9 Å². The van der Waals surface area contributed by atoms with Crippen LogP contribution in [0.15, 0.2) is 57.4 Å². The number of aliphatic hydroxyl groups excluding tert-OH is 1. The molecule has 7 rings (SSSR count). The quantitative estimate of drug-likeness (QED) is 0.173. The first-order chi connectivity index (χ1) is 23.2. The van der Waals surface area contributed by atoms with E-state index in [1.54, 1.807) is 11.0 Å². The van der Waals surface area contributed by atoms with Crippen LogP contribution in [0.2, 0.25) is 0 Å². The number of hydrogen-bond acceptors (Lipinski definition) is 9. The van der Waals surface area contributed by atoms with E-state index in [1.165, 1.54) is 6.07 Å². The Bertz CT molecular complexity index is 1990. The predicted molar refractivity (Wildman–Crippen MR) is 174 cm³/mol. The number of ether oxygens (including phenoxy) is 1. The number of benzene rings is 3. The zero-order chi connectivity index (χ0) is 33.5. The summed E-state index contributed by atoms with van der Waals surface area (Å²) in [6.07, 6.45) is 1.97. The molecule has 12 heteroatoms. The van der Waals surface area contributed by atoms with Gasteiger partial charge < -0.3 is 23.8 Å². The summed E-state index contributed by atoms with van der Waals surface area (Å²) in [7, 11) is 0. The Labute approximate surface area is 275 Å². The third-order valence-corrected chi connectivity index (χ3v) is 9.45.